The number of hydrogen-bond donors (Lipinski definition) is 1. The van der Waals surface area contributed by atoms with Gasteiger partial charge >= 0.3 is 0 Å². The van der Waals surface area contributed by atoms with Crippen LogP contribution in [0, 0.1) is 5.41 Å². The fraction of sp³-hybridized carbons (Fsp3) is 0.562. The first-order valence-electron chi connectivity index (χ1n) is 7.14. The largest absolute Gasteiger partial charge is 0.381 e. The molecular formula is C16H21NO2. The Morgan fingerprint density at radius 2 is 2.05 bits per heavy atom. The topological polar surface area (TPSA) is 52.3 Å². The van der Waals surface area contributed by atoms with Gasteiger partial charge in [-0.2, -0.15) is 0 Å². The van der Waals surface area contributed by atoms with E-state index in [4.69, 9.17) is 10.5 Å². The van der Waals surface area contributed by atoms with Gasteiger partial charge in [0.05, 0.1) is 0 Å². The minimum atomic E-state index is -0.317. The van der Waals surface area contributed by atoms with Crippen molar-refractivity contribution in [1.82, 2.24) is 0 Å². The van der Waals surface area contributed by atoms with Crippen LogP contribution in [0.3, 0.4) is 0 Å². The van der Waals surface area contributed by atoms with Crippen molar-refractivity contribution >= 4 is 5.78 Å². The van der Waals surface area contributed by atoms with Crippen molar-refractivity contribution in [1.29, 1.82) is 0 Å². The monoisotopic (exact) mass is 259 g/mol. The highest BCUT2D eigenvalue weighted by Crippen LogP contribution is 2.41. The van der Waals surface area contributed by atoms with Gasteiger partial charge in [-0.25, -0.2) is 0 Å². The van der Waals surface area contributed by atoms with Crippen LogP contribution in [0.4, 0.5) is 0 Å². The molecule has 102 valence electrons. The predicted octanol–water partition coefficient (Wildman–Crippen LogP) is 2.04. The molecule has 3 heteroatoms. The lowest BCUT2D eigenvalue weighted by Crippen LogP contribution is -2.44. The highest BCUT2D eigenvalue weighted by Gasteiger charge is 2.40. The van der Waals surface area contributed by atoms with E-state index >= 15 is 0 Å². The average molecular weight is 259 g/mol. The number of rotatable bonds is 4. The highest BCUT2D eigenvalue weighted by molar-refractivity contribution is 5.86. The second-order valence-electron chi connectivity index (χ2n) is 5.82. The summed E-state index contributed by atoms with van der Waals surface area (Å²) in [4.78, 5) is 12.6. The third-order valence-corrected chi connectivity index (χ3v) is 4.83. The Morgan fingerprint density at radius 3 is 2.74 bits per heavy atom. The lowest BCUT2D eigenvalue weighted by atomic mass is 9.69. The lowest BCUT2D eigenvalue weighted by Gasteiger charge is -2.37. The summed E-state index contributed by atoms with van der Waals surface area (Å²) in [7, 11) is 0. The van der Waals surface area contributed by atoms with Gasteiger partial charge in [-0.3, -0.25) is 4.79 Å². The molecule has 1 heterocycles. The lowest BCUT2D eigenvalue weighted by molar-refractivity contribution is -0.134. The maximum absolute atomic E-state index is 12.6. The van der Waals surface area contributed by atoms with E-state index < -0.39 is 0 Å². The van der Waals surface area contributed by atoms with Crippen LogP contribution in [-0.4, -0.2) is 25.5 Å². The zero-order valence-corrected chi connectivity index (χ0v) is 11.2. The number of fused-ring (bicyclic) bond motifs is 1. The maximum Gasteiger partial charge on any atom is 0.141 e. The number of ketones is 1. The fourth-order valence-electron chi connectivity index (χ4n) is 3.34. The Kier molecular flexibility index (Phi) is 3.42. The van der Waals surface area contributed by atoms with Crippen molar-refractivity contribution < 1.29 is 9.53 Å². The number of Topliss-reactive ketones (excluding diaryl/α,β-unsaturated/α-hetero) is 1. The molecular weight excluding hydrogens is 238 g/mol. The van der Waals surface area contributed by atoms with E-state index in [1.165, 1.54) is 11.1 Å². The number of benzene rings is 1. The Labute approximate surface area is 114 Å². The van der Waals surface area contributed by atoms with Gasteiger partial charge in [0.25, 0.3) is 0 Å². The summed E-state index contributed by atoms with van der Waals surface area (Å²) < 4.78 is 5.37. The Bertz CT molecular complexity index is 477. The minimum absolute atomic E-state index is 0.317. The van der Waals surface area contributed by atoms with Gasteiger partial charge in [-0.15, -0.1) is 0 Å². The van der Waals surface area contributed by atoms with Crippen LogP contribution >= 0.6 is 0 Å². The Morgan fingerprint density at radius 1 is 1.32 bits per heavy atom. The van der Waals surface area contributed by atoms with E-state index in [0.717, 1.165) is 19.3 Å². The second kappa shape index (κ2) is 5.06. The van der Waals surface area contributed by atoms with Gasteiger partial charge in [-0.05, 0) is 36.3 Å². The zero-order chi connectivity index (χ0) is 13.3. The fourth-order valence-corrected chi connectivity index (χ4v) is 3.34. The van der Waals surface area contributed by atoms with E-state index in [-0.39, 0.29) is 5.41 Å². The minimum Gasteiger partial charge on any atom is -0.381 e. The van der Waals surface area contributed by atoms with E-state index in [2.05, 4.69) is 24.3 Å². The molecule has 1 aromatic rings. The van der Waals surface area contributed by atoms with Crippen LogP contribution < -0.4 is 5.73 Å². The molecule has 0 bridgehead atoms. The number of nitrogens with two attached hydrogens (primary N) is 1. The van der Waals surface area contributed by atoms with E-state index in [9.17, 15) is 4.79 Å². The molecule has 3 nitrogen and oxygen atoms in total. The zero-order valence-electron chi connectivity index (χ0n) is 11.2. The Balaban J connectivity index is 1.69. The first-order chi connectivity index (χ1) is 9.25. The molecule has 1 saturated heterocycles. The van der Waals surface area contributed by atoms with Crippen LogP contribution in [0.2, 0.25) is 0 Å². The van der Waals surface area contributed by atoms with Gasteiger partial charge in [0, 0.05) is 31.6 Å². The van der Waals surface area contributed by atoms with Crippen LogP contribution in [0.1, 0.15) is 36.3 Å². The number of hydrogen-bond acceptors (Lipinski definition) is 3. The van der Waals surface area contributed by atoms with Crippen molar-refractivity contribution in [3.63, 3.8) is 0 Å². The number of carbonyl (C=O) groups is 1. The third kappa shape index (κ3) is 2.21. The van der Waals surface area contributed by atoms with Crippen LogP contribution in [0.5, 0.6) is 0 Å². The van der Waals surface area contributed by atoms with Crippen molar-refractivity contribution in [3.05, 3.63) is 35.4 Å². The van der Waals surface area contributed by atoms with Crippen LogP contribution in [0.15, 0.2) is 24.3 Å². The van der Waals surface area contributed by atoms with Crippen LogP contribution in [0.25, 0.3) is 0 Å². The highest BCUT2D eigenvalue weighted by atomic mass is 16.5. The summed E-state index contributed by atoms with van der Waals surface area (Å²) in [5.41, 5.74) is 8.33. The maximum atomic E-state index is 12.6. The average Bonchev–Trinajstić information content (AvgIpc) is 2.45. The SMILES string of the molecule is NCC1(C(=O)CC2Cc3ccccc32)CCOCC1. The molecule has 1 aromatic carbocycles. The quantitative estimate of drug-likeness (QED) is 0.900. The molecule has 0 radical (unpaired) electrons. The molecule has 1 aliphatic carbocycles. The molecule has 0 amide bonds. The summed E-state index contributed by atoms with van der Waals surface area (Å²) in [6.07, 6.45) is 3.26. The molecule has 1 atom stereocenters. The molecule has 0 saturated carbocycles. The molecule has 0 spiro atoms. The normalized spacial score (nSPS) is 24.4. The molecule has 1 fully saturated rings. The third-order valence-electron chi connectivity index (χ3n) is 4.83. The second-order valence-corrected chi connectivity index (χ2v) is 5.82. The molecule has 2 aliphatic rings. The van der Waals surface area contributed by atoms with Gasteiger partial charge in [0.15, 0.2) is 0 Å². The molecule has 2 N–H and O–H groups in total. The number of ether oxygens (including phenoxy) is 1. The van der Waals surface area contributed by atoms with Gasteiger partial charge in [0.1, 0.15) is 5.78 Å². The van der Waals surface area contributed by atoms with E-state index in [1.807, 2.05) is 0 Å². The molecule has 0 aromatic heterocycles. The first-order valence-corrected chi connectivity index (χ1v) is 7.14. The summed E-state index contributed by atoms with van der Waals surface area (Å²) in [5.74, 6) is 0.757. The summed E-state index contributed by atoms with van der Waals surface area (Å²) in [6.45, 7) is 1.80. The summed E-state index contributed by atoms with van der Waals surface area (Å²) >= 11 is 0. The molecule has 19 heavy (non-hydrogen) atoms. The molecule has 1 unspecified atom stereocenters. The number of carbonyl (C=O) groups excluding carboxylic acids is 1. The molecule has 3 rings (SSSR count). The van der Waals surface area contributed by atoms with E-state index in [1.54, 1.807) is 0 Å². The van der Waals surface area contributed by atoms with Crippen LogP contribution in [-0.2, 0) is 16.0 Å². The molecule has 1 aliphatic heterocycles. The van der Waals surface area contributed by atoms with Crippen molar-refractivity contribution in [2.75, 3.05) is 19.8 Å². The van der Waals surface area contributed by atoms with Gasteiger partial charge in [0.2, 0.25) is 0 Å². The van der Waals surface area contributed by atoms with Crippen molar-refractivity contribution in [2.45, 2.75) is 31.6 Å². The van der Waals surface area contributed by atoms with Crippen molar-refractivity contribution in [3.8, 4) is 0 Å². The van der Waals surface area contributed by atoms with Crippen molar-refractivity contribution in [2.24, 2.45) is 11.1 Å². The predicted molar refractivity (Wildman–Crippen MR) is 74.1 cm³/mol. The van der Waals surface area contributed by atoms with Gasteiger partial charge < -0.3 is 10.5 Å². The first kappa shape index (κ1) is 12.8. The standard InChI is InChI=1S/C16H21NO2/c17-11-16(5-7-19-8-6-16)15(18)10-13-9-12-3-1-2-4-14(12)13/h1-4,13H,5-11,17H2. The smallest absolute Gasteiger partial charge is 0.141 e. The van der Waals surface area contributed by atoms with E-state index in [0.29, 0.717) is 37.9 Å². The van der Waals surface area contributed by atoms with Gasteiger partial charge in [-0.1, -0.05) is 24.3 Å². The summed E-state index contributed by atoms with van der Waals surface area (Å²) in [5, 5.41) is 0. The Hall–Kier alpha value is -1.19. The summed E-state index contributed by atoms with van der Waals surface area (Å²) in [6, 6.07) is 8.43.